The summed E-state index contributed by atoms with van der Waals surface area (Å²) >= 11 is 3.40. The van der Waals surface area contributed by atoms with Gasteiger partial charge in [-0.2, -0.15) is 0 Å². The van der Waals surface area contributed by atoms with E-state index < -0.39 is 0 Å². The predicted molar refractivity (Wildman–Crippen MR) is 54.1 cm³/mol. The molecule has 0 N–H and O–H groups in total. The normalized spacial score (nSPS) is 10.3. The molecule has 0 unspecified atom stereocenters. The van der Waals surface area contributed by atoms with Crippen molar-refractivity contribution in [3.63, 3.8) is 0 Å². The molecule has 0 fully saturated rings. The highest BCUT2D eigenvalue weighted by molar-refractivity contribution is 9.10. The third-order valence-electron chi connectivity index (χ3n) is 1.85. The van der Waals surface area contributed by atoms with Gasteiger partial charge in [-0.3, -0.25) is 4.98 Å². The van der Waals surface area contributed by atoms with Crippen LogP contribution in [0.2, 0.25) is 0 Å². The van der Waals surface area contributed by atoms with Crippen molar-refractivity contribution in [3.8, 4) is 11.3 Å². The minimum atomic E-state index is 0.862. The average Bonchev–Trinajstić information content (AvgIpc) is 2.48. The fraction of sp³-hybridized carbons (Fsp3) is 0.111. The molecule has 2 heterocycles. The highest BCUT2D eigenvalue weighted by atomic mass is 79.9. The summed E-state index contributed by atoms with van der Waals surface area (Å²) in [7, 11) is 1.97. The molecule has 3 nitrogen and oxygen atoms in total. The van der Waals surface area contributed by atoms with Crippen LogP contribution in [0.3, 0.4) is 0 Å². The zero-order chi connectivity index (χ0) is 9.26. The Hall–Kier alpha value is -1.16. The van der Waals surface area contributed by atoms with Crippen LogP contribution in [-0.4, -0.2) is 14.5 Å². The molecule has 0 aliphatic rings. The van der Waals surface area contributed by atoms with Gasteiger partial charge in [-0.05, 0) is 28.1 Å². The largest absolute Gasteiger partial charge is 0.333 e. The second-order valence-electron chi connectivity index (χ2n) is 2.73. The van der Waals surface area contributed by atoms with Gasteiger partial charge in [-0.1, -0.05) is 0 Å². The topological polar surface area (TPSA) is 30.7 Å². The summed E-state index contributed by atoms with van der Waals surface area (Å²) in [6.07, 6.45) is 5.32. The van der Waals surface area contributed by atoms with Gasteiger partial charge in [0, 0.05) is 25.0 Å². The lowest BCUT2D eigenvalue weighted by Gasteiger charge is -2.01. The van der Waals surface area contributed by atoms with E-state index in [9.17, 15) is 0 Å². The summed E-state index contributed by atoms with van der Waals surface area (Å²) in [5.74, 6) is 0. The lowest BCUT2D eigenvalue weighted by molar-refractivity contribution is 0.921. The predicted octanol–water partition coefficient (Wildman–Crippen LogP) is 2.24. The first-order valence-electron chi connectivity index (χ1n) is 3.86. The van der Waals surface area contributed by atoms with E-state index in [1.165, 1.54) is 0 Å². The van der Waals surface area contributed by atoms with E-state index in [-0.39, 0.29) is 0 Å². The first-order chi connectivity index (χ1) is 6.29. The fourth-order valence-corrected chi connectivity index (χ4v) is 1.83. The van der Waals surface area contributed by atoms with Crippen molar-refractivity contribution in [2.45, 2.75) is 0 Å². The molecule has 0 saturated carbocycles. The van der Waals surface area contributed by atoms with Gasteiger partial charge in [0.1, 0.15) is 4.60 Å². The highest BCUT2D eigenvalue weighted by Gasteiger charge is 2.07. The monoisotopic (exact) mass is 237 g/mol. The Morgan fingerprint density at radius 1 is 1.31 bits per heavy atom. The maximum Gasteiger partial charge on any atom is 0.132 e. The van der Waals surface area contributed by atoms with Gasteiger partial charge in [0.2, 0.25) is 0 Å². The number of halogens is 1. The quantitative estimate of drug-likeness (QED) is 0.762. The zero-order valence-electron chi connectivity index (χ0n) is 7.11. The molecule has 4 heteroatoms. The lowest BCUT2D eigenvalue weighted by Crippen LogP contribution is -1.89. The minimum absolute atomic E-state index is 0.862. The Labute approximate surface area is 84.6 Å². The van der Waals surface area contributed by atoms with Crippen LogP contribution in [0.4, 0.5) is 0 Å². The van der Waals surface area contributed by atoms with Crippen molar-refractivity contribution < 1.29 is 0 Å². The van der Waals surface area contributed by atoms with Crippen LogP contribution in [0, 0.1) is 0 Å². The van der Waals surface area contributed by atoms with Crippen molar-refractivity contribution in [1.29, 1.82) is 0 Å². The minimum Gasteiger partial charge on any atom is -0.333 e. The van der Waals surface area contributed by atoms with Crippen LogP contribution in [0.15, 0.2) is 35.5 Å². The number of pyridine rings is 1. The van der Waals surface area contributed by atoms with Gasteiger partial charge in [-0.15, -0.1) is 0 Å². The Kier molecular flexibility index (Phi) is 2.14. The van der Waals surface area contributed by atoms with E-state index in [0.717, 1.165) is 15.9 Å². The van der Waals surface area contributed by atoms with E-state index in [1.807, 2.05) is 23.7 Å². The molecule has 2 rings (SSSR count). The molecule has 0 bridgehead atoms. The second-order valence-corrected chi connectivity index (χ2v) is 3.48. The molecule has 0 aliphatic carbocycles. The summed E-state index contributed by atoms with van der Waals surface area (Å²) < 4.78 is 2.83. The molecule has 2 aromatic rings. The van der Waals surface area contributed by atoms with E-state index in [1.54, 1.807) is 18.7 Å². The smallest absolute Gasteiger partial charge is 0.132 e. The number of aryl methyl sites for hydroxylation is 1. The third kappa shape index (κ3) is 1.49. The van der Waals surface area contributed by atoms with Crippen LogP contribution in [-0.2, 0) is 7.05 Å². The molecule has 0 aliphatic heterocycles. The van der Waals surface area contributed by atoms with Crippen molar-refractivity contribution in [2.24, 2.45) is 7.05 Å². The van der Waals surface area contributed by atoms with E-state index in [4.69, 9.17) is 0 Å². The van der Waals surface area contributed by atoms with Crippen molar-refractivity contribution >= 4 is 15.9 Å². The average molecular weight is 238 g/mol. The number of rotatable bonds is 1. The van der Waals surface area contributed by atoms with Gasteiger partial charge >= 0.3 is 0 Å². The van der Waals surface area contributed by atoms with Crippen LogP contribution in [0.25, 0.3) is 11.3 Å². The molecule has 66 valence electrons. The molecule has 0 radical (unpaired) electrons. The summed E-state index contributed by atoms with van der Waals surface area (Å²) in [6.45, 7) is 0. The maximum absolute atomic E-state index is 4.15. The summed E-state index contributed by atoms with van der Waals surface area (Å²) in [5, 5.41) is 0. The van der Waals surface area contributed by atoms with Crippen molar-refractivity contribution in [3.05, 3.63) is 35.5 Å². The molecule has 0 amide bonds. The Morgan fingerprint density at radius 3 is 2.54 bits per heavy atom. The lowest BCUT2D eigenvalue weighted by atomic mass is 10.2. The molecule has 2 aromatic heterocycles. The maximum atomic E-state index is 4.15. The van der Waals surface area contributed by atoms with Gasteiger partial charge in [0.25, 0.3) is 0 Å². The second kappa shape index (κ2) is 3.30. The summed E-state index contributed by atoms with van der Waals surface area (Å²) in [4.78, 5) is 8.12. The van der Waals surface area contributed by atoms with Crippen molar-refractivity contribution in [1.82, 2.24) is 14.5 Å². The van der Waals surface area contributed by atoms with Crippen molar-refractivity contribution in [2.75, 3.05) is 0 Å². The number of imidazole rings is 1. The van der Waals surface area contributed by atoms with E-state index in [2.05, 4.69) is 25.9 Å². The fourth-order valence-electron chi connectivity index (χ4n) is 1.23. The first kappa shape index (κ1) is 8.44. The molecule has 0 atom stereocenters. The number of nitrogens with zero attached hydrogens (tertiary/aromatic N) is 3. The molecule has 13 heavy (non-hydrogen) atoms. The SMILES string of the molecule is Cn1cnc(Br)c1-c1ccncc1. The molecule has 0 aromatic carbocycles. The third-order valence-corrected chi connectivity index (χ3v) is 2.43. The van der Waals surface area contributed by atoms with Crippen LogP contribution in [0.5, 0.6) is 0 Å². The number of aromatic nitrogens is 3. The molecule has 0 spiro atoms. The molecular weight excluding hydrogens is 230 g/mol. The van der Waals surface area contributed by atoms with Crippen LogP contribution < -0.4 is 0 Å². The Bertz CT molecular complexity index is 389. The summed E-state index contributed by atoms with van der Waals surface area (Å²) in [5.41, 5.74) is 2.18. The first-order valence-corrected chi connectivity index (χ1v) is 4.65. The highest BCUT2D eigenvalue weighted by Crippen LogP contribution is 2.25. The van der Waals surface area contributed by atoms with Gasteiger partial charge in [0.15, 0.2) is 0 Å². The number of hydrogen-bond acceptors (Lipinski definition) is 2. The standard InChI is InChI=1S/C9H8BrN3/c1-13-6-12-9(10)8(13)7-2-4-11-5-3-7/h2-6H,1H3. The van der Waals surface area contributed by atoms with E-state index >= 15 is 0 Å². The van der Waals surface area contributed by atoms with Gasteiger partial charge in [0.05, 0.1) is 12.0 Å². The Morgan fingerprint density at radius 2 is 2.00 bits per heavy atom. The zero-order valence-corrected chi connectivity index (χ0v) is 8.69. The van der Waals surface area contributed by atoms with Gasteiger partial charge in [-0.25, -0.2) is 4.98 Å². The summed E-state index contributed by atoms with van der Waals surface area (Å²) in [6, 6.07) is 3.92. The van der Waals surface area contributed by atoms with E-state index in [0.29, 0.717) is 0 Å². The molecule has 0 saturated heterocycles. The molecular formula is C9H8BrN3. The van der Waals surface area contributed by atoms with Crippen LogP contribution in [0.1, 0.15) is 0 Å². The van der Waals surface area contributed by atoms with Gasteiger partial charge < -0.3 is 4.57 Å². The number of hydrogen-bond donors (Lipinski definition) is 0. The Balaban J connectivity index is 2.59. The van der Waals surface area contributed by atoms with Crippen LogP contribution >= 0.6 is 15.9 Å².